The summed E-state index contributed by atoms with van der Waals surface area (Å²) >= 11 is 0. The molecule has 1 saturated heterocycles. The maximum Gasteiger partial charge on any atom is 0.361 e. The Labute approximate surface area is 139 Å². The fraction of sp³-hybridized carbons (Fsp3) is 0.900. The van der Waals surface area contributed by atoms with Gasteiger partial charge in [-0.1, -0.05) is 38.3 Å². The molecule has 0 aromatic heterocycles. The molecule has 1 nitrogen and oxygen atoms in total. The Bertz CT molecular complexity index is 404. The molecule has 3 fully saturated rings. The summed E-state index contributed by atoms with van der Waals surface area (Å²) in [5.74, 6) is 1.42. The van der Waals surface area contributed by atoms with E-state index in [-0.39, 0.29) is 12.0 Å². The lowest BCUT2D eigenvalue weighted by Gasteiger charge is -2.53. The van der Waals surface area contributed by atoms with Crippen LogP contribution >= 0.6 is 0 Å². The predicted molar refractivity (Wildman–Crippen MR) is 89.3 cm³/mol. The molecular weight excluding hydrogens is 294 g/mol. The summed E-state index contributed by atoms with van der Waals surface area (Å²) in [6, 6.07) is 0. The van der Waals surface area contributed by atoms with E-state index in [0.717, 1.165) is 44.4 Å². The van der Waals surface area contributed by atoms with E-state index in [1.165, 1.54) is 19.3 Å². The first-order valence-electron chi connectivity index (χ1n) is 9.73. The summed E-state index contributed by atoms with van der Waals surface area (Å²) in [6.07, 6.45) is 11.1. The fourth-order valence-electron chi connectivity index (χ4n) is 5.28. The number of alkyl halides is 2. The van der Waals surface area contributed by atoms with Crippen molar-refractivity contribution in [3.63, 3.8) is 0 Å². The minimum atomic E-state index is -2.87. The van der Waals surface area contributed by atoms with Gasteiger partial charge >= 0.3 is 6.11 Å². The zero-order chi connectivity index (χ0) is 16.4. The van der Waals surface area contributed by atoms with Crippen LogP contribution in [0.3, 0.4) is 0 Å². The molecule has 1 heterocycles. The minimum absolute atomic E-state index is 0.161. The predicted octanol–water partition coefficient (Wildman–Crippen LogP) is 6.19. The number of hydrogen-bond acceptors (Lipinski definition) is 1. The third-order valence-corrected chi connectivity index (χ3v) is 6.76. The Balaban J connectivity index is 1.58. The van der Waals surface area contributed by atoms with Gasteiger partial charge < -0.3 is 4.74 Å². The second-order valence-electron chi connectivity index (χ2n) is 8.06. The largest absolute Gasteiger partial charge is 0.361 e. The average molecular weight is 326 g/mol. The Morgan fingerprint density at radius 3 is 2.09 bits per heavy atom. The highest BCUT2D eigenvalue weighted by Gasteiger charge is 2.62. The van der Waals surface area contributed by atoms with Crippen LogP contribution in [0.15, 0.2) is 12.2 Å². The third-order valence-electron chi connectivity index (χ3n) is 6.76. The van der Waals surface area contributed by atoms with Gasteiger partial charge in [0.2, 0.25) is 0 Å². The molecule has 0 unspecified atom stereocenters. The van der Waals surface area contributed by atoms with E-state index < -0.39 is 12.0 Å². The number of allylic oxidation sites excluding steroid dienone is 2. The number of hydrogen-bond donors (Lipinski definition) is 0. The molecule has 0 radical (unpaired) electrons. The van der Waals surface area contributed by atoms with Crippen molar-refractivity contribution in [2.75, 3.05) is 0 Å². The summed E-state index contributed by atoms with van der Waals surface area (Å²) in [4.78, 5) is 0. The molecule has 132 valence electrons. The summed E-state index contributed by atoms with van der Waals surface area (Å²) in [7, 11) is 0. The van der Waals surface area contributed by atoms with Gasteiger partial charge in [0.05, 0.1) is 12.0 Å². The van der Waals surface area contributed by atoms with Crippen LogP contribution in [0.25, 0.3) is 0 Å². The van der Waals surface area contributed by atoms with Crippen LogP contribution in [0.1, 0.15) is 71.6 Å². The maximum absolute atomic E-state index is 14.1. The molecule has 2 atom stereocenters. The molecule has 0 spiro atoms. The highest BCUT2D eigenvalue weighted by atomic mass is 19.3. The molecule has 23 heavy (non-hydrogen) atoms. The minimum Gasteiger partial charge on any atom is -0.316 e. The van der Waals surface area contributed by atoms with Crippen LogP contribution < -0.4 is 0 Å². The van der Waals surface area contributed by atoms with E-state index in [0.29, 0.717) is 11.8 Å². The summed E-state index contributed by atoms with van der Waals surface area (Å²) in [6.45, 7) is 4.29. The second kappa shape index (κ2) is 7.21. The zero-order valence-electron chi connectivity index (χ0n) is 14.6. The van der Waals surface area contributed by atoms with Crippen LogP contribution in [0.4, 0.5) is 8.78 Å². The summed E-state index contributed by atoms with van der Waals surface area (Å²) in [5.41, 5.74) is 0. The normalized spacial score (nSPS) is 44.2. The molecule has 0 aromatic rings. The number of rotatable bonds is 4. The molecular formula is C20H32F2O. The lowest BCUT2D eigenvalue weighted by molar-refractivity contribution is -0.418. The van der Waals surface area contributed by atoms with Gasteiger partial charge in [0.25, 0.3) is 0 Å². The van der Waals surface area contributed by atoms with Gasteiger partial charge in [-0.3, -0.25) is 0 Å². The lowest BCUT2D eigenvalue weighted by atomic mass is 9.66. The van der Waals surface area contributed by atoms with E-state index in [4.69, 9.17) is 4.74 Å². The van der Waals surface area contributed by atoms with Gasteiger partial charge in [-0.25, -0.2) is 0 Å². The van der Waals surface area contributed by atoms with Gasteiger partial charge in [0.15, 0.2) is 0 Å². The van der Waals surface area contributed by atoms with Crippen molar-refractivity contribution in [3.8, 4) is 0 Å². The maximum atomic E-state index is 14.1. The first kappa shape index (κ1) is 17.4. The molecule has 0 bridgehead atoms. The van der Waals surface area contributed by atoms with Crippen molar-refractivity contribution >= 4 is 0 Å². The van der Waals surface area contributed by atoms with Crippen LogP contribution in [0.5, 0.6) is 0 Å². The van der Waals surface area contributed by atoms with Crippen LogP contribution in [0.2, 0.25) is 0 Å². The molecule has 0 amide bonds. The monoisotopic (exact) mass is 326 g/mol. The van der Waals surface area contributed by atoms with Crippen LogP contribution in [0, 0.1) is 29.6 Å². The van der Waals surface area contributed by atoms with Gasteiger partial charge in [-0.05, 0) is 69.1 Å². The highest BCUT2D eigenvalue weighted by molar-refractivity contribution is 4.99. The molecule has 0 N–H and O–H groups in total. The van der Waals surface area contributed by atoms with Crippen molar-refractivity contribution < 1.29 is 13.5 Å². The van der Waals surface area contributed by atoms with Crippen molar-refractivity contribution in [2.24, 2.45) is 29.6 Å². The molecule has 1 aliphatic heterocycles. The Morgan fingerprint density at radius 2 is 1.57 bits per heavy atom. The van der Waals surface area contributed by atoms with Crippen molar-refractivity contribution in [3.05, 3.63) is 12.2 Å². The summed E-state index contributed by atoms with van der Waals surface area (Å²) < 4.78 is 33.4. The SMILES string of the molecule is CC=CC1CCC([C@H]2[C@H](C3CCC(CC)CC3)OC2(F)F)CC1. The van der Waals surface area contributed by atoms with E-state index in [9.17, 15) is 8.78 Å². The summed E-state index contributed by atoms with van der Waals surface area (Å²) in [5, 5.41) is 0. The third kappa shape index (κ3) is 3.65. The molecule has 3 aliphatic rings. The van der Waals surface area contributed by atoms with Crippen molar-refractivity contribution in [1.82, 2.24) is 0 Å². The van der Waals surface area contributed by atoms with Crippen LogP contribution in [-0.4, -0.2) is 12.2 Å². The quantitative estimate of drug-likeness (QED) is 0.559. The van der Waals surface area contributed by atoms with Gasteiger partial charge in [-0.15, -0.1) is 0 Å². The molecule has 3 rings (SSSR count). The van der Waals surface area contributed by atoms with E-state index in [2.05, 4.69) is 19.1 Å². The van der Waals surface area contributed by atoms with E-state index in [1.54, 1.807) is 0 Å². The topological polar surface area (TPSA) is 9.23 Å². The molecule has 0 aromatic carbocycles. The zero-order valence-corrected chi connectivity index (χ0v) is 14.6. The first-order chi connectivity index (χ1) is 11.0. The average Bonchev–Trinajstić information content (AvgIpc) is 2.55. The molecule has 2 saturated carbocycles. The van der Waals surface area contributed by atoms with Gasteiger partial charge in [-0.2, -0.15) is 8.78 Å². The smallest absolute Gasteiger partial charge is 0.316 e. The standard InChI is InChI=1S/C20H32F2O/c1-3-5-15-8-10-16(11-9-15)18-19(23-20(18,21)22)17-12-6-14(4-2)7-13-17/h3,5,14-19H,4,6-13H2,1-2H3/t14?,15?,16?,17?,18-,19-/m0/s1. The first-order valence-corrected chi connectivity index (χ1v) is 9.73. The van der Waals surface area contributed by atoms with Crippen LogP contribution in [-0.2, 0) is 4.74 Å². The van der Waals surface area contributed by atoms with Gasteiger partial charge in [0.1, 0.15) is 0 Å². The Kier molecular flexibility index (Phi) is 5.45. The lowest BCUT2D eigenvalue weighted by Crippen LogP contribution is -2.61. The Hall–Kier alpha value is -0.440. The molecule has 2 aliphatic carbocycles. The Morgan fingerprint density at radius 1 is 0.957 bits per heavy atom. The number of halogens is 2. The highest BCUT2D eigenvalue weighted by Crippen LogP contribution is 2.55. The molecule has 3 heteroatoms. The second-order valence-corrected chi connectivity index (χ2v) is 8.06. The van der Waals surface area contributed by atoms with Crippen molar-refractivity contribution in [1.29, 1.82) is 0 Å². The fourth-order valence-corrected chi connectivity index (χ4v) is 5.28. The number of ether oxygens (including phenoxy) is 1. The van der Waals surface area contributed by atoms with Gasteiger partial charge in [0, 0.05) is 0 Å². The van der Waals surface area contributed by atoms with E-state index in [1.807, 2.05) is 6.92 Å². The van der Waals surface area contributed by atoms with E-state index >= 15 is 0 Å². The van der Waals surface area contributed by atoms with Crippen molar-refractivity contribution in [2.45, 2.75) is 83.8 Å².